The van der Waals surface area contributed by atoms with Crippen LogP contribution in [0.25, 0.3) is 5.65 Å². The molecule has 0 aliphatic rings. The molecule has 0 unspecified atom stereocenters. The second-order valence-corrected chi connectivity index (χ2v) is 3.49. The van der Waals surface area contributed by atoms with Gasteiger partial charge in [0.05, 0.1) is 0 Å². The zero-order valence-electron chi connectivity index (χ0n) is 8.39. The van der Waals surface area contributed by atoms with Gasteiger partial charge in [-0.25, -0.2) is 4.98 Å². The minimum Gasteiger partial charge on any atom is -0.380 e. The predicted octanol–water partition coefficient (Wildman–Crippen LogP) is 0.533. The molecule has 14 heavy (non-hydrogen) atoms. The highest BCUT2D eigenvalue weighted by Gasteiger charge is 2.13. The highest BCUT2D eigenvalue weighted by Crippen LogP contribution is 2.14. The Balaban J connectivity index is 2.78. The van der Waals surface area contributed by atoms with Gasteiger partial charge in [0, 0.05) is 5.92 Å². The molecule has 0 saturated heterocycles. The van der Waals surface area contributed by atoms with Crippen molar-refractivity contribution in [3.8, 4) is 0 Å². The van der Waals surface area contributed by atoms with Crippen LogP contribution in [-0.4, -0.2) is 24.8 Å². The van der Waals surface area contributed by atoms with Crippen LogP contribution in [0.4, 0.5) is 5.82 Å². The van der Waals surface area contributed by atoms with E-state index in [0.29, 0.717) is 17.3 Å². The van der Waals surface area contributed by atoms with E-state index in [1.165, 1.54) is 0 Å². The molecule has 0 fully saturated rings. The lowest BCUT2D eigenvalue weighted by Gasteiger charge is -2.02. The maximum atomic E-state index is 5.70. The van der Waals surface area contributed by atoms with E-state index in [9.17, 15) is 0 Å². The molecule has 0 atom stereocenters. The van der Waals surface area contributed by atoms with Gasteiger partial charge in [-0.05, 0) is 6.92 Å². The minimum atomic E-state index is 0.263. The molecule has 0 aliphatic carbocycles. The van der Waals surface area contributed by atoms with Crippen molar-refractivity contribution in [1.82, 2.24) is 24.8 Å². The summed E-state index contributed by atoms with van der Waals surface area (Å²) in [6, 6.07) is 0. The van der Waals surface area contributed by atoms with Crippen LogP contribution in [0.3, 0.4) is 0 Å². The molecule has 6 heteroatoms. The van der Waals surface area contributed by atoms with Crippen molar-refractivity contribution in [2.24, 2.45) is 0 Å². The lowest BCUT2D eigenvalue weighted by Crippen LogP contribution is -2.06. The number of nitrogens with two attached hydrogens (primary N) is 1. The first-order valence-corrected chi connectivity index (χ1v) is 4.45. The summed E-state index contributed by atoms with van der Waals surface area (Å²) >= 11 is 0. The number of anilines is 1. The minimum absolute atomic E-state index is 0.263. The third-order valence-electron chi connectivity index (χ3n) is 1.94. The monoisotopic (exact) mass is 192 g/mol. The molecule has 2 heterocycles. The molecule has 2 rings (SSSR count). The highest BCUT2D eigenvalue weighted by atomic mass is 15.4. The van der Waals surface area contributed by atoms with E-state index in [0.717, 1.165) is 5.82 Å². The average Bonchev–Trinajstić information content (AvgIpc) is 2.47. The molecular weight excluding hydrogens is 180 g/mol. The van der Waals surface area contributed by atoms with E-state index >= 15 is 0 Å². The Morgan fingerprint density at radius 1 is 1.29 bits per heavy atom. The van der Waals surface area contributed by atoms with Crippen LogP contribution in [0.1, 0.15) is 31.4 Å². The summed E-state index contributed by atoms with van der Waals surface area (Å²) in [5.41, 5.74) is 6.22. The first kappa shape index (κ1) is 8.86. The van der Waals surface area contributed by atoms with Crippen molar-refractivity contribution in [2.75, 3.05) is 5.73 Å². The molecule has 0 radical (unpaired) electrons. The number of aromatic nitrogens is 5. The van der Waals surface area contributed by atoms with Crippen LogP contribution in [0, 0.1) is 6.92 Å². The molecule has 6 nitrogen and oxygen atoms in total. The van der Waals surface area contributed by atoms with Crippen LogP contribution in [0.15, 0.2) is 0 Å². The lowest BCUT2D eigenvalue weighted by atomic mass is 10.2. The number of hydrogen-bond acceptors (Lipinski definition) is 5. The van der Waals surface area contributed by atoms with Crippen molar-refractivity contribution in [2.45, 2.75) is 26.7 Å². The van der Waals surface area contributed by atoms with Gasteiger partial charge in [0.15, 0.2) is 11.6 Å². The standard InChI is InChI=1S/C8H12N6/c1-4(2)7-11-12-8-6(9)10-5(3)13-14(7)8/h4H,1-3H3,(H2,9,10,13). The number of fused-ring (bicyclic) bond motifs is 1. The van der Waals surface area contributed by atoms with Crippen LogP contribution in [-0.2, 0) is 0 Å². The van der Waals surface area contributed by atoms with E-state index in [4.69, 9.17) is 5.73 Å². The fourth-order valence-corrected chi connectivity index (χ4v) is 1.30. The Kier molecular flexibility index (Phi) is 1.83. The van der Waals surface area contributed by atoms with Crippen molar-refractivity contribution in [1.29, 1.82) is 0 Å². The first-order valence-electron chi connectivity index (χ1n) is 4.45. The Labute approximate surface area is 81.2 Å². The van der Waals surface area contributed by atoms with Crippen molar-refractivity contribution in [3.63, 3.8) is 0 Å². The third-order valence-corrected chi connectivity index (χ3v) is 1.94. The van der Waals surface area contributed by atoms with Gasteiger partial charge in [-0.15, -0.1) is 15.3 Å². The van der Waals surface area contributed by atoms with Gasteiger partial charge in [0.2, 0.25) is 5.65 Å². The summed E-state index contributed by atoms with van der Waals surface area (Å²) in [7, 11) is 0. The zero-order chi connectivity index (χ0) is 10.3. The third kappa shape index (κ3) is 1.19. The average molecular weight is 192 g/mol. The molecule has 2 aromatic rings. The lowest BCUT2D eigenvalue weighted by molar-refractivity contribution is 0.708. The smallest absolute Gasteiger partial charge is 0.220 e. The quantitative estimate of drug-likeness (QED) is 0.712. The molecule has 0 bridgehead atoms. The van der Waals surface area contributed by atoms with Gasteiger partial charge in [-0.1, -0.05) is 13.8 Å². The molecule has 0 aliphatic heterocycles. The molecule has 0 spiro atoms. The number of hydrogen-bond donors (Lipinski definition) is 1. The molecule has 2 aromatic heterocycles. The normalized spacial score (nSPS) is 11.4. The molecule has 0 aromatic carbocycles. The molecule has 74 valence electrons. The Morgan fingerprint density at radius 2 is 2.00 bits per heavy atom. The van der Waals surface area contributed by atoms with Gasteiger partial charge >= 0.3 is 0 Å². The van der Waals surface area contributed by atoms with Crippen LogP contribution in [0.2, 0.25) is 0 Å². The van der Waals surface area contributed by atoms with Gasteiger partial charge in [-0.3, -0.25) is 0 Å². The molecular formula is C8H12N6. The van der Waals surface area contributed by atoms with Crippen LogP contribution in [0.5, 0.6) is 0 Å². The summed E-state index contributed by atoms with van der Waals surface area (Å²) < 4.78 is 1.66. The number of nitrogen functional groups attached to an aromatic ring is 1. The second kappa shape index (κ2) is 2.90. The summed E-state index contributed by atoms with van der Waals surface area (Å²) in [6.07, 6.45) is 0. The molecule has 2 N–H and O–H groups in total. The van der Waals surface area contributed by atoms with Gasteiger partial charge in [-0.2, -0.15) is 4.52 Å². The van der Waals surface area contributed by atoms with Gasteiger partial charge < -0.3 is 5.73 Å². The SMILES string of the molecule is Cc1nc(N)c2nnc(C(C)C)n2n1. The highest BCUT2D eigenvalue weighted by molar-refractivity contribution is 5.58. The van der Waals surface area contributed by atoms with Gasteiger partial charge in [0.25, 0.3) is 0 Å². The van der Waals surface area contributed by atoms with Crippen molar-refractivity contribution < 1.29 is 0 Å². The van der Waals surface area contributed by atoms with E-state index in [1.807, 2.05) is 13.8 Å². The van der Waals surface area contributed by atoms with E-state index in [2.05, 4.69) is 20.3 Å². The second-order valence-electron chi connectivity index (χ2n) is 3.49. The Hall–Kier alpha value is -1.72. The Bertz CT molecular complexity index is 472. The van der Waals surface area contributed by atoms with Crippen molar-refractivity contribution >= 4 is 11.5 Å². The molecule has 0 amide bonds. The fourth-order valence-electron chi connectivity index (χ4n) is 1.30. The maximum absolute atomic E-state index is 5.70. The summed E-state index contributed by atoms with van der Waals surface area (Å²) in [4.78, 5) is 4.02. The first-order chi connectivity index (χ1) is 6.59. The summed E-state index contributed by atoms with van der Waals surface area (Å²) in [5, 5.41) is 12.2. The maximum Gasteiger partial charge on any atom is 0.220 e. The number of rotatable bonds is 1. The number of nitrogens with zero attached hydrogens (tertiary/aromatic N) is 5. The van der Waals surface area contributed by atoms with E-state index in [1.54, 1.807) is 11.4 Å². The fraction of sp³-hybridized carbons (Fsp3) is 0.500. The van der Waals surface area contributed by atoms with Crippen LogP contribution >= 0.6 is 0 Å². The Morgan fingerprint density at radius 3 is 2.64 bits per heavy atom. The number of aryl methyl sites for hydroxylation is 1. The van der Waals surface area contributed by atoms with Crippen LogP contribution < -0.4 is 5.73 Å². The predicted molar refractivity (Wildman–Crippen MR) is 51.8 cm³/mol. The summed E-state index contributed by atoms with van der Waals surface area (Å²) in [6.45, 7) is 5.86. The van der Waals surface area contributed by atoms with E-state index < -0.39 is 0 Å². The summed E-state index contributed by atoms with van der Waals surface area (Å²) in [5.74, 6) is 2.06. The largest absolute Gasteiger partial charge is 0.380 e. The zero-order valence-corrected chi connectivity index (χ0v) is 8.39. The molecule has 0 saturated carbocycles. The topological polar surface area (TPSA) is 82.0 Å². The van der Waals surface area contributed by atoms with E-state index in [-0.39, 0.29) is 5.92 Å². The van der Waals surface area contributed by atoms with Crippen molar-refractivity contribution in [3.05, 3.63) is 11.6 Å². The van der Waals surface area contributed by atoms with Gasteiger partial charge in [0.1, 0.15) is 5.82 Å².